The zero-order valence-corrected chi connectivity index (χ0v) is 7.33. The van der Waals surface area contributed by atoms with Crippen molar-refractivity contribution in [2.24, 2.45) is 0 Å². The molecular formula is C10H15NO. The van der Waals surface area contributed by atoms with Gasteiger partial charge in [-0.1, -0.05) is 0 Å². The van der Waals surface area contributed by atoms with Crippen LogP contribution >= 0.6 is 0 Å². The number of hydrogen-bond donors (Lipinski definition) is 0. The number of carbonyl (C=O) groups is 1. The van der Waals surface area contributed by atoms with Gasteiger partial charge in [0, 0.05) is 18.9 Å². The summed E-state index contributed by atoms with van der Waals surface area (Å²) in [6.45, 7) is 2.22. The summed E-state index contributed by atoms with van der Waals surface area (Å²) < 4.78 is 0. The second-order valence-electron chi connectivity index (χ2n) is 3.21. The van der Waals surface area contributed by atoms with Gasteiger partial charge in [0.15, 0.2) is 0 Å². The molecule has 0 aromatic heterocycles. The van der Waals surface area contributed by atoms with E-state index in [1.54, 1.807) is 0 Å². The molecule has 0 spiro atoms. The van der Waals surface area contributed by atoms with Crippen molar-refractivity contribution in [3.8, 4) is 12.3 Å². The number of hydrogen-bond acceptors (Lipinski definition) is 2. The summed E-state index contributed by atoms with van der Waals surface area (Å²) in [5.74, 6) is 2.63. The molecule has 66 valence electrons. The van der Waals surface area contributed by atoms with Crippen LogP contribution in [-0.2, 0) is 4.79 Å². The number of rotatable bonds is 4. The first-order valence-electron chi connectivity index (χ1n) is 4.49. The van der Waals surface area contributed by atoms with E-state index in [9.17, 15) is 4.79 Å². The van der Waals surface area contributed by atoms with Crippen LogP contribution in [0.15, 0.2) is 0 Å². The molecule has 0 radical (unpaired) electrons. The fraction of sp³-hybridized carbons (Fsp3) is 0.700. The van der Waals surface area contributed by atoms with Crippen molar-refractivity contribution < 1.29 is 4.79 Å². The molecule has 0 saturated carbocycles. The van der Waals surface area contributed by atoms with Gasteiger partial charge in [0.25, 0.3) is 0 Å². The van der Waals surface area contributed by atoms with E-state index in [1.165, 1.54) is 12.8 Å². The summed E-state index contributed by atoms with van der Waals surface area (Å²) in [4.78, 5) is 12.7. The van der Waals surface area contributed by atoms with Crippen molar-refractivity contribution in [3.05, 3.63) is 0 Å². The van der Waals surface area contributed by atoms with Crippen molar-refractivity contribution in [1.82, 2.24) is 4.90 Å². The van der Waals surface area contributed by atoms with Crippen LogP contribution in [0.25, 0.3) is 0 Å². The minimum atomic E-state index is 0.301. The first-order valence-corrected chi connectivity index (χ1v) is 4.49. The van der Waals surface area contributed by atoms with Crippen LogP contribution < -0.4 is 0 Å². The Hall–Kier alpha value is -0.810. The van der Waals surface area contributed by atoms with Gasteiger partial charge in [-0.25, -0.2) is 0 Å². The Kier molecular flexibility index (Phi) is 3.83. The predicted molar refractivity (Wildman–Crippen MR) is 48.7 cm³/mol. The molecule has 0 aliphatic carbocycles. The molecule has 0 bridgehead atoms. The van der Waals surface area contributed by atoms with E-state index < -0.39 is 0 Å². The molecule has 2 heteroatoms. The minimum Gasteiger partial charge on any atom is -0.303 e. The van der Waals surface area contributed by atoms with E-state index in [-0.39, 0.29) is 0 Å². The van der Waals surface area contributed by atoms with E-state index in [0.29, 0.717) is 18.9 Å². The Morgan fingerprint density at radius 3 is 2.67 bits per heavy atom. The second-order valence-corrected chi connectivity index (χ2v) is 3.21. The van der Waals surface area contributed by atoms with Gasteiger partial charge >= 0.3 is 0 Å². The molecule has 1 unspecified atom stereocenters. The van der Waals surface area contributed by atoms with E-state index in [1.807, 2.05) is 0 Å². The first kappa shape index (κ1) is 9.28. The smallest absolute Gasteiger partial charge is 0.121 e. The zero-order valence-electron chi connectivity index (χ0n) is 7.33. The molecule has 2 nitrogen and oxygen atoms in total. The van der Waals surface area contributed by atoms with Gasteiger partial charge in [-0.15, -0.1) is 12.3 Å². The average molecular weight is 165 g/mol. The molecule has 12 heavy (non-hydrogen) atoms. The first-order chi connectivity index (χ1) is 5.88. The highest BCUT2D eigenvalue weighted by Gasteiger charge is 2.20. The summed E-state index contributed by atoms with van der Waals surface area (Å²) in [6, 6.07) is 0.301. The number of terminal acetylenes is 1. The lowest BCUT2D eigenvalue weighted by Crippen LogP contribution is -2.32. The standard InChI is InChI=1S/C10H15NO/c1-2-5-10(6-9-12)11-7-3-4-8-11/h1,9-10H,3-8H2. The maximum Gasteiger partial charge on any atom is 0.121 e. The summed E-state index contributed by atoms with van der Waals surface area (Å²) in [6.07, 6.45) is 10.0. The van der Waals surface area contributed by atoms with Gasteiger partial charge in [0.05, 0.1) is 0 Å². The van der Waals surface area contributed by atoms with Crippen LogP contribution in [-0.4, -0.2) is 30.3 Å². The maximum atomic E-state index is 10.4. The molecule has 1 aliphatic heterocycles. The largest absolute Gasteiger partial charge is 0.303 e. The van der Waals surface area contributed by atoms with Crippen molar-refractivity contribution >= 4 is 6.29 Å². The third-order valence-corrected chi connectivity index (χ3v) is 2.38. The summed E-state index contributed by atoms with van der Waals surface area (Å²) in [5.41, 5.74) is 0. The van der Waals surface area contributed by atoms with Gasteiger partial charge in [0.1, 0.15) is 6.29 Å². The molecular weight excluding hydrogens is 150 g/mol. The molecule has 1 rings (SSSR count). The quantitative estimate of drug-likeness (QED) is 0.458. The van der Waals surface area contributed by atoms with E-state index >= 15 is 0 Å². The van der Waals surface area contributed by atoms with Gasteiger partial charge in [-0.05, 0) is 25.9 Å². The maximum absolute atomic E-state index is 10.4. The molecule has 1 atom stereocenters. The average Bonchev–Trinajstić information content (AvgIpc) is 2.56. The van der Waals surface area contributed by atoms with Crippen molar-refractivity contribution in [1.29, 1.82) is 0 Å². The number of aldehydes is 1. The molecule has 1 heterocycles. The van der Waals surface area contributed by atoms with Crippen LogP contribution in [0.2, 0.25) is 0 Å². The molecule has 0 amide bonds. The van der Waals surface area contributed by atoms with Crippen molar-refractivity contribution in [2.45, 2.75) is 31.7 Å². The molecule has 1 fully saturated rings. The van der Waals surface area contributed by atoms with E-state index in [0.717, 1.165) is 19.4 Å². The van der Waals surface area contributed by atoms with Crippen molar-refractivity contribution in [3.63, 3.8) is 0 Å². The van der Waals surface area contributed by atoms with Crippen molar-refractivity contribution in [2.75, 3.05) is 13.1 Å². The molecule has 0 aromatic carbocycles. The highest BCUT2D eigenvalue weighted by Crippen LogP contribution is 2.15. The molecule has 1 saturated heterocycles. The van der Waals surface area contributed by atoms with Crippen LogP contribution in [0.4, 0.5) is 0 Å². The predicted octanol–water partition coefficient (Wildman–Crippen LogP) is 1.06. The minimum absolute atomic E-state index is 0.301. The SMILES string of the molecule is C#CCC(CC=O)N1CCCC1. The molecule has 0 aromatic rings. The Bertz CT molecular complexity index is 177. The Morgan fingerprint density at radius 2 is 2.17 bits per heavy atom. The van der Waals surface area contributed by atoms with E-state index in [4.69, 9.17) is 6.42 Å². The van der Waals surface area contributed by atoms with Gasteiger partial charge in [-0.3, -0.25) is 4.90 Å². The molecule has 1 aliphatic rings. The lowest BCUT2D eigenvalue weighted by molar-refractivity contribution is -0.108. The zero-order chi connectivity index (χ0) is 8.81. The van der Waals surface area contributed by atoms with Gasteiger partial charge < -0.3 is 4.79 Å². The van der Waals surface area contributed by atoms with Gasteiger partial charge in [-0.2, -0.15) is 0 Å². The topological polar surface area (TPSA) is 20.3 Å². The summed E-state index contributed by atoms with van der Waals surface area (Å²) in [5, 5.41) is 0. The van der Waals surface area contributed by atoms with Crippen LogP contribution in [0.3, 0.4) is 0 Å². The Labute approximate surface area is 73.9 Å². The number of likely N-dealkylation sites (tertiary alicyclic amines) is 1. The lowest BCUT2D eigenvalue weighted by atomic mass is 10.1. The Balaban J connectivity index is 2.40. The van der Waals surface area contributed by atoms with Crippen LogP contribution in [0, 0.1) is 12.3 Å². The third kappa shape index (κ3) is 2.35. The van der Waals surface area contributed by atoms with Crippen LogP contribution in [0.5, 0.6) is 0 Å². The highest BCUT2D eigenvalue weighted by molar-refractivity contribution is 5.50. The lowest BCUT2D eigenvalue weighted by Gasteiger charge is -2.23. The number of nitrogens with zero attached hydrogens (tertiary/aromatic N) is 1. The second kappa shape index (κ2) is 4.95. The van der Waals surface area contributed by atoms with E-state index in [2.05, 4.69) is 10.8 Å². The van der Waals surface area contributed by atoms with Gasteiger partial charge in [0.2, 0.25) is 0 Å². The highest BCUT2D eigenvalue weighted by atomic mass is 16.1. The summed E-state index contributed by atoms with van der Waals surface area (Å²) in [7, 11) is 0. The molecule has 0 N–H and O–H groups in total. The normalized spacial score (nSPS) is 20.2. The van der Waals surface area contributed by atoms with Crippen LogP contribution in [0.1, 0.15) is 25.7 Å². The fourth-order valence-corrected chi connectivity index (χ4v) is 1.72. The Morgan fingerprint density at radius 1 is 1.50 bits per heavy atom. The number of carbonyl (C=O) groups excluding carboxylic acids is 1. The third-order valence-electron chi connectivity index (χ3n) is 2.38. The monoisotopic (exact) mass is 165 g/mol. The summed E-state index contributed by atoms with van der Waals surface area (Å²) >= 11 is 0. The fourth-order valence-electron chi connectivity index (χ4n) is 1.72.